The highest BCUT2D eigenvalue weighted by atomic mass is 16.5. The Labute approximate surface area is 203 Å². The van der Waals surface area contributed by atoms with Gasteiger partial charge in [0.05, 0.1) is 13.2 Å². The van der Waals surface area contributed by atoms with Crippen LogP contribution in [0, 0.1) is 5.41 Å². The Bertz CT molecular complexity index is 988. The van der Waals surface area contributed by atoms with Crippen LogP contribution in [0.3, 0.4) is 0 Å². The molecule has 34 heavy (non-hydrogen) atoms. The normalized spacial score (nSPS) is 14.7. The van der Waals surface area contributed by atoms with Crippen LogP contribution >= 0.6 is 0 Å². The van der Waals surface area contributed by atoms with Gasteiger partial charge in [-0.25, -0.2) is 0 Å². The Morgan fingerprint density at radius 1 is 1.06 bits per heavy atom. The number of hydrogen-bond acceptors (Lipinski definition) is 6. The number of carbonyl (C=O) groups excluding carboxylic acids is 1. The minimum atomic E-state index is -0.335. The molecule has 1 aliphatic rings. The van der Waals surface area contributed by atoms with Gasteiger partial charge in [0.25, 0.3) is 5.91 Å². The van der Waals surface area contributed by atoms with Crippen LogP contribution in [-0.2, 0) is 6.42 Å². The highest BCUT2D eigenvalue weighted by molar-refractivity contribution is 6.12. The van der Waals surface area contributed by atoms with Gasteiger partial charge in [0, 0.05) is 30.3 Å². The maximum absolute atomic E-state index is 12.9. The number of amidine groups is 1. The number of carbonyl (C=O) groups is 1. The quantitative estimate of drug-likeness (QED) is 0.323. The molecule has 0 saturated heterocycles. The van der Waals surface area contributed by atoms with Crippen molar-refractivity contribution in [2.24, 2.45) is 0 Å². The Kier molecular flexibility index (Phi) is 9.48. The third-order valence-electron chi connectivity index (χ3n) is 6.30. The summed E-state index contributed by atoms with van der Waals surface area (Å²) in [4.78, 5) is 15.3. The maximum Gasteiger partial charge on any atom is 0.256 e. The van der Waals surface area contributed by atoms with E-state index in [9.17, 15) is 4.79 Å². The molecule has 1 atom stereocenters. The van der Waals surface area contributed by atoms with Crippen molar-refractivity contribution < 1.29 is 14.3 Å². The second-order valence-corrected chi connectivity index (χ2v) is 8.30. The van der Waals surface area contributed by atoms with Gasteiger partial charge < -0.3 is 25.0 Å². The summed E-state index contributed by atoms with van der Waals surface area (Å²) < 4.78 is 11.2. The third-order valence-corrected chi connectivity index (χ3v) is 6.30. The van der Waals surface area contributed by atoms with E-state index in [4.69, 9.17) is 14.9 Å². The van der Waals surface area contributed by atoms with Gasteiger partial charge >= 0.3 is 0 Å². The number of nitrogens with zero attached hydrogens (tertiary/aromatic N) is 1. The largest absolute Gasteiger partial charge is 0.490 e. The molecule has 2 aromatic rings. The summed E-state index contributed by atoms with van der Waals surface area (Å²) in [5.41, 5.74) is 3.60. The summed E-state index contributed by atoms with van der Waals surface area (Å²) >= 11 is 0. The van der Waals surface area contributed by atoms with Crippen molar-refractivity contribution in [3.8, 4) is 11.5 Å². The van der Waals surface area contributed by atoms with E-state index in [1.165, 1.54) is 5.56 Å². The lowest BCUT2D eigenvalue weighted by Gasteiger charge is -2.21. The summed E-state index contributed by atoms with van der Waals surface area (Å²) in [5.74, 6) is 0.926. The van der Waals surface area contributed by atoms with Gasteiger partial charge in [-0.3, -0.25) is 10.2 Å². The molecule has 1 unspecified atom stereocenters. The van der Waals surface area contributed by atoms with Crippen LogP contribution in [-0.4, -0.2) is 56.0 Å². The molecule has 7 heteroatoms. The van der Waals surface area contributed by atoms with Gasteiger partial charge in [0.15, 0.2) is 11.5 Å². The van der Waals surface area contributed by atoms with E-state index in [2.05, 4.69) is 35.4 Å². The second kappa shape index (κ2) is 12.5. The van der Waals surface area contributed by atoms with Crippen LogP contribution in [0.1, 0.15) is 67.2 Å². The average molecular weight is 467 g/mol. The molecule has 0 spiro atoms. The summed E-state index contributed by atoms with van der Waals surface area (Å²) in [7, 11) is 0. The van der Waals surface area contributed by atoms with Crippen LogP contribution in [0.5, 0.6) is 11.5 Å². The van der Waals surface area contributed by atoms with E-state index in [-0.39, 0.29) is 17.8 Å². The topological polar surface area (TPSA) is 86.7 Å². The Balaban J connectivity index is 1.69. The Morgan fingerprint density at radius 3 is 2.50 bits per heavy atom. The van der Waals surface area contributed by atoms with Crippen molar-refractivity contribution in [3.63, 3.8) is 0 Å². The number of fused-ring (bicyclic) bond motifs is 1. The first kappa shape index (κ1) is 25.7. The summed E-state index contributed by atoms with van der Waals surface area (Å²) in [6.45, 7) is 13.2. The molecule has 0 saturated carbocycles. The fourth-order valence-corrected chi connectivity index (χ4v) is 4.48. The van der Waals surface area contributed by atoms with E-state index < -0.39 is 0 Å². The lowest BCUT2D eigenvalue weighted by molar-refractivity contribution is 0.0976. The van der Waals surface area contributed by atoms with Crippen molar-refractivity contribution in [1.82, 2.24) is 15.5 Å². The Hall–Kier alpha value is -2.90. The first-order chi connectivity index (χ1) is 16.5. The van der Waals surface area contributed by atoms with Crippen LogP contribution in [0.2, 0.25) is 0 Å². The minimum absolute atomic E-state index is 0.123. The number of nitrogens with one attached hydrogen (secondary N) is 3. The first-order valence-corrected chi connectivity index (χ1v) is 12.4. The summed E-state index contributed by atoms with van der Waals surface area (Å²) in [6.07, 6.45) is 1.90. The minimum Gasteiger partial charge on any atom is -0.490 e. The lowest BCUT2D eigenvalue weighted by atomic mass is 10.0. The predicted molar refractivity (Wildman–Crippen MR) is 136 cm³/mol. The van der Waals surface area contributed by atoms with Gasteiger partial charge in [-0.15, -0.1) is 0 Å². The van der Waals surface area contributed by atoms with E-state index in [1.54, 1.807) is 18.2 Å². The average Bonchev–Trinajstić information content (AvgIpc) is 3.26. The van der Waals surface area contributed by atoms with Crippen molar-refractivity contribution in [2.45, 2.75) is 46.6 Å². The highest BCUT2D eigenvalue weighted by Gasteiger charge is 2.26. The number of hydrogen-bond donors (Lipinski definition) is 3. The van der Waals surface area contributed by atoms with Crippen molar-refractivity contribution in [1.29, 1.82) is 5.41 Å². The summed E-state index contributed by atoms with van der Waals surface area (Å²) in [5, 5.41) is 15.1. The lowest BCUT2D eigenvalue weighted by Crippen LogP contribution is -2.33. The highest BCUT2D eigenvalue weighted by Crippen LogP contribution is 2.33. The predicted octanol–water partition coefficient (Wildman–Crippen LogP) is 4.16. The van der Waals surface area contributed by atoms with Crippen molar-refractivity contribution >= 4 is 11.7 Å². The molecular formula is C27H38N4O3. The van der Waals surface area contributed by atoms with E-state index >= 15 is 0 Å². The van der Waals surface area contributed by atoms with Gasteiger partial charge in [0.2, 0.25) is 0 Å². The zero-order valence-electron chi connectivity index (χ0n) is 20.9. The second-order valence-electron chi connectivity index (χ2n) is 8.30. The summed E-state index contributed by atoms with van der Waals surface area (Å²) in [6, 6.07) is 11.4. The SMILES string of the molecule is CCOc1ccc(C(=O)NC(=N)c2cccc3c2CCC3NCCN(CC)CC)cc1OCC. The number of amides is 1. The van der Waals surface area contributed by atoms with Crippen molar-refractivity contribution in [2.75, 3.05) is 39.4 Å². The standard InChI is InChI=1S/C27H38N4O3/c1-5-31(6-2)17-16-29-23-14-13-20-21(23)10-9-11-22(20)26(28)30-27(32)19-12-15-24(33-7-3)25(18-19)34-8-4/h9-12,15,18,23,29H,5-8,13-14,16-17H2,1-4H3,(H2,28,30,32). The number of rotatable bonds is 12. The van der Waals surface area contributed by atoms with Crippen LogP contribution < -0.4 is 20.1 Å². The van der Waals surface area contributed by atoms with E-state index in [0.29, 0.717) is 30.3 Å². The molecule has 3 rings (SSSR count). The molecule has 0 radical (unpaired) electrons. The first-order valence-electron chi connectivity index (χ1n) is 12.4. The molecule has 3 N–H and O–H groups in total. The molecular weight excluding hydrogens is 428 g/mol. The number of ether oxygens (including phenoxy) is 2. The molecule has 0 aromatic heterocycles. The van der Waals surface area contributed by atoms with Gasteiger partial charge in [0.1, 0.15) is 5.84 Å². The van der Waals surface area contributed by atoms with Crippen LogP contribution in [0.15, 0.2) is 36.4 Å². The smallest absolute Gasteiger partial charge is 0.256 e. The van der Waals surface area contributed by atoms with Crippen LogP contribution in [0.4, 0.5) is 0 Å². The van der Waals surface area contributed by atoms with Crippen LogP contribution in [0.25, 0.3) is 0 Å². The maximum atomic E-state index is 12.9. The third kappa shape index (κ3) is 6.15. The fraction of sp³-hybridized carbons (Fsp3) is 0.481. The molecule has 0 fully saturated rings. The zero-order valence-corrected chi connectivity index (χ0v) is 20.9. The molecule has 0 bridgehead atoms. The zero-order chi connectivity index (χ0) is 24.5. The molecule has 1 aliphatic carbocycles. The molecule has 1 amide bonds. The number of likely N-dealkylation sites (N-methyl/N-ethyl adjacent to an activating group) is 1. The number of benzene rings is 2. The van der Waals surface area contributed by atoms with Crippen molar-refractivity contribution in [3.05, 3.63) is 58.7 Å². The van der Waals surface area contributed by atoms with E-state index in [0.717, 1.165) is 50.1 Å². The monoisotopic (exact) mass is 466 g/mol. The molecule has 7 nitrogen and oxygen atoms in total. The Morgan fingerprint density at radius 2 is 1.79 bits per heavy atom. The van der Waals surface area contributed by atoms with Gasteiger partial charge in [-0.2, -0.15) is 0 Å². The molecule has 2 aromatic carbocycles. The molecule has 0 heterocycles. The van der Waals surface area contributed by atoms with Gasteiger partial charge in [-0.05, 0) is 69.1 Å². The van der Waals surface area contributed by atoms with E-state index in [1.807, 2.05) is 26.0 Å². The fourth-order valence-electron chi connectivity index (χ4n) is 4.48. The van der Waals surface area contributed by atoms with Gasteiger partial charge in [-0.1, -0.05) is 32.0 Å². The molecule has 0 aliphatic heterocycles. The molecule has 184 valence electrons.